The van der Waals surface area contributed by atoms with Crippen LogP contribution >= 0.6 is 0 Å². The van der Waals surface area contributed by atoms with Crippen LogP contribution in [-0.2, 0) is 9.59 Å². The lowest BCUT2D eigenvalue weighted by molar-refractivity contribution is -0.137. The average molecular weight is 395 g/mol. The van der Waals surface area contributed by atoms with Gasteiger partial charge in [-0.3, -0.25) is 9.59 Å². The van der Waals surface area contributed by atoms with Crippen molar-refractivity contribution in [2.75, 3.05) is 10.6 Å². The number of hydrogen-bond acceptors (Lipinski definition) is 4. The third kappa shape index (κ3) is 6.06. The number of para-hydroxylation sites is 1. The lowest BCUT2D eigenvalue weighted by atomic mass is 9.79. The molecular formula is C23H30N4O2. The van der Waals surface area contributed by atoms with Crippen LogP contribution in [0.5, 0.6) is 0 Å². The largest absolute Gasteiger partial charge is 0.356 e. The maximum absolute atomic E-state index is 12.4. The molecule has 0 saturated carbocycles. The van der Waals surface area contributed by atoms with Crippen LogP contribution < -0.4 is 21.3 Å². The summed E-state index contributed by atoms with van der Waals surface area (Å²) in [5.74, 6) is -1.25. The molecule has 154 valence electrons. The lowest BCUT2D eigenvalue weighted by Gasteiger charge is -2.46. The highest BCUT2D eigenvalue weighted by Gasteiger charge is 2.38. The molecule has 0 aromatic heterocycles. The molecule has 1 aliphatic rings. The van der Waals surface area contributed by atoms with E-state index in [4.69, 9.17) is 0 Å². The number of carbonyl (C=O) groups excluding carboxylic acids is 2. The van der Waals surface area contributed by atoms with E-state index in [1.165, 1.54) is 0 Å². The minimum atomic E-state index is -0.650. The third-order valence-electron chi connectivity index (χ3n) is 4.94. The summed E-state index contributed by atoms with van der Waals surface area (Å²) in [6, 6.07) is 17.0. The molecule has 0 atom stereocenters. The molecule has 0 bridgehead atoms. The molecule has 0 aliphatic carbocycles. The Bertz CT molecular complexity index is 844. The van der Waals surface area contributed by atoms with Gasteiger partial charge < -0.3 is 21.3 Å². The Morgan fingerprint density at radius 1 is 0.793 bits per heavy atom. The summed E-state index contributed by atoms with van der Waals surface area (Å²) < 4.78 is 0. The van der Waals surface area contributed by atoms with Gasteiger partial charge in [0.05, 0.1) is 0 Å². The van der Waals surface area contributed by atoms with E-state index in [1.54, 1.807) is 12.1 Å². The molecule has 6 nitrogen and oxygen atoms in total. The van der Waals surface area contributed by atoms with Crippen LogP contribution in [0.3, 0.4) is 0 Å². The monoisotopic (exact) mass is 394 g/mol. The molecule has 2 aromatic rings. The molecule has 0 unspecified atom stereocenters. The minimum absolute atomic E-state index is 0.0445. The molecule has 2 amide bonds. The number of anilines is 3. The fourth-order valence-electron chi connectivity index (χ4n) is 4.19. The van der Waals surface area contributed by atoms with Gasteiger partial charge in [-0.15, -0.1) is 0 Å². The Labute approximate surface area is 172 Å². The van der Waals surface area contributed by atoms with Crippen molar-refractivity contribution in [1.82, 2.24) is 10.6 Å². The van der Waals surface area contributed by atoms with Gasteiger partial charge in [0.1, 0.15) is 0 Å². The second kappa shape index (κ2) is 8.25. The van der Waals surface area contributed by atoms with E-state index >= 15 is 0 Å². The molecule has 29 heavy (non-hydrogen) atoms. The summed E-state index contributed by atoms with van der Waals surface area (Å²) in [5.41, 5.74) is 2.26. The summed E-state index contributed by atoms with van der Waals surface area (Å²) in [4.78, 5) is 24.7. The van der Waals surface area contributed by atoms with Gasteiger partial charge in [0.25, 0.3) is 0 Å². The van der Waals surface area contributed by atoms with Crippen molar-refractivity contribution >= 4 is 28.9 Å². The Hall–Kier alpha value is -2.86. The van der Waals surface area contributed by atoms with E-state index in [2.05, 4.69) is 49.0 Å². The van der Waals surface area contributed by atoms with Gasteiger partial charge in [0.15, 0.2) is 0 Å². The van der Waals surface area contributed by atoms with Crippen LogP contribution in [0, 0.1) is 0 Å². The van der Waals surface area contributed by atoms with E-state index in [1.807, 2.05) is 42.5 Å². The number of amides is 2. The fourth-order valence-corrected chi connectivity index (χ4v) is 4.19. The molecule has 4 N–H and O–H groups in total. The summed E-state index contributed by atoms with van der Waals surface area (Å²) in [6.45, 7) is 8.44. The van der Waals surface area contributed by atoms with Crippen molar-refractivity contribution in [1.29, 1.82) is 0 Å². The molecule has 1 heterocycles. The SMILES string of the molecule is CC1(C)CC(NC(=O)C(=O)Nc2ccc(Nc3ccccc3)cc2)CC(C)(C)N1. The predicted octanol–water partition coefficient (Wildman–Crippen LogP) is 3.79. The van der Waals surface area contributed by atoms with Gasteiger partial charge in [-0.25, -0.2) is 0 Å². The molecule has 1 saturated heterocycles. The Morgan fingerprint density at radius 3 is 1.90 bits per heavy atom. The molecule has 1 aliphatic heterocycles. The second-order valence-electron chi connectivity index (χ2n) is 8.99. The highest BCUT2D eigenvalue weighted by Crippen LogP contribution is 2.28. The Kier molecular flexibility index (Phi) is 5.94. The number of nitrogens with one attached hydrogen (secondary N) is 4. The summed E-state index contributed by atoms with van der Waals surface area (Å²) in [7, 11) is 0. The van der Waals surface area contributed by atoms with Crippen LogP contribution in [-0.4, -0.2) is 28.9 Å². The zero-order valence-corrected chi connectivity index (χ0v) is 17.5. The van der Waals surface area contributed by atoms with Gasteiger partial charge in [0.2, 0.25) is 0 Å². The van der Waals surface area contributed by atoms with Crippen molar-refractivity contribution in [3.63, 3.8) is 0 Å². The number of benzene rings is 2. The molecule has 0 radical (unpaired) electrons. The number of rotatable bonds is 4. The molecule has 1 fully saturated rings. The quantitative estimate of drug-likeness (QED) is 0.595. The van der Waals surface area contributed by atoms with E-state index in [0.29, 0.717) is 5.69 Å². The number of piperidine rings is 1. The first-order chi connectivity index (χ1) is 13.6. The van der Waals surface area contributed by atoms with E-state index in [-0.39, 0.29) is 17.1 Å². The van der Waals surface area contributed by atoms with Crippen LogP contribution in [0.15, 0.2) is 54.6 Å². The van der Waals surface area contributed by atoms with Gasteiger partial charge in [0, 0.05) is 34.2 Å². The van der Waals surface area contributed by atoms with Crippen LogP contribution in [0.25, 0.3) is 0 Å². The molecule has 6 heteroatoms. The zero-order valence-electron chi connectivity index (χ0n) is 17.5. The Morgan fingerprint density at radius 2 is 1.31 bits per heavy atom. The molecular weight excluding hydrogens is 364 g/mol. The normalized spacial score (nSPS) is 17.9. The van der Waals surface area contributed by atoms with Crippen molar-refractivity contribution in [2.45, 2.75) is 57.7 Å². The number of hydrogen-bond donors (Lipinski definition) is 4. The van der Waals surface area contributed by atoms with E-state index in [9.17, 15) is 9.59 Å². The molecule has 0 spiro atoms. The smallest absolute Gasteiger partial charge is 0.313 e. The average Bonchev–Trinajstić information content (AvgIpc) is 2.61. The first-order valence-corrected chi connectivity index (χ1v) is 9.95. The lowest BCUT2D eigenvalue weighted by Crippen LogP contribution is -2.62. The van der Waals surface area contributed by atoms with Crippen molar-refractivity contribution in [3.05, 3.63) is 54.6 Å². The van der Waals surface area contributed by atoms with Gasteiger partial charge in [-0.2, -0.15) is 0 Å². The van der Waals surface area contributed by atoms with Gasteiger partial charge in [-0.05, 0) is 76.9 Å². The van der Waals surface area contributed by atoms with Crippen LogP contribution in [0.1, 0.15) is 40.5 Å². The summed E-state index contributed by atoms with van der Waals surface area (Å²) in [5, 5.41) is 12.4. The maximum Gasteiger partial charge on any atom is 0.313 e. The van der Waals surface area contributed by atoms with E-state index in [0.717, 1.165) is 24.2 Å². The third-order valence-corrected chi connectivity index (χ3v) is 4.94. The van der Waals surface area contributed by atoms with E-state index < -0.39 is 11.8 Å². The van der Waals surface area contributed by atoms with Crippen molar-refractivity contribution in [3.8, 4) is 0 Å². The van der Waals surface area contributed by atoms with Gasteiger partial charge in [-0.1, -0.05) is 18.2 Å². The summed E-state index contributed by atoms with van der Waals surface area (Å²) in [6.07, 6.45) is 1.55. The second-order valence-corrected chi connectivity index (χ2v) is 8.99. The van der Waals surface area contributed by atoms with Crippen LogP contribution in [0.2, 0.25) is 0 Å². The first-order valence-electron chi connectivity index (χ1n) is 9.95. The summed E-state index contributed by atoms with van der Waals surface area (Å²) >= 11 is 0. The first kappa shape index (κ1) is 20.9. The molecule has 3 rings (SSSR count). The number of carbonyl (C=O) groups is 2. The Balaban J connectivity index is 1.55. The maximum atomic E-state index is 12.4. The van der Waals surface area contributed by atoms with Gasteiger partial charge >= 0.3 is 11.8 Å². The topological polar surface area (TPSA) is 82.3 Å². The highest BCUT2D eigenvalue weighted by molar-refractivity contribution is 6.39. The van der Waals surface area contributed by atoms with Crippen molar-refractivity contribution < 1.29 is 9.59 Å². The minimum Gasteiger partial charge on any atom is -0.356 e. The molecule has 2 aromatic carbocycles. The highest BCUT2D eigenvalue weighted by atomic mass is 16.2. The standard InChI is InChI=1S/C23H30N4O2/c1-22(2)14-19(15-23(3,4)27-22)26-21(29)20(28)25-18-12-10-17(11-13-18)24-16-8-6-5-7-9-16/h5-13,19,24,27H,14-15H2,1-4H3,(H,25,28)(H,26,29). The predicted molar refractivity (Wildman–Crippen MR) is 117 cm³/mol. The fraction of sp³-hybridized carbons (Fsp3) is 0.391. The zero-order chi connectivity index (χ0) is 21.1. The van der Waals surface area contributed by atoms with Crippen LogP contribution in [0.4, 0.5) is 17.1 Å². The van der Waals surface area contributed by atoms with Crippen molar-refractivity contribution in [2.24, 2.45) is 0 Å².